The van der Waals surface area contributed by atoms with Crippen molar-refractivity contribution < 1.29 is 23.8 Å². The van der Waals surface area contributed by atoms with Crippen LogP contribution in [0.3, 0.4) is 0 Å². The molecule has 0 bridgehead atoms. The van der Waals surface area contributed by atoms with E-state index in [0.717, 1.165) is 0 Å². The summed E-state index contributed by atoms with van der Waals surface area (Å²) in [5.74, 6) is -1.54. The lowest BCUT2D eigenvalue weighted by Crippen LogP contribution is -2.28. The molecule has 88 valence electrons. The van der Waals surface area contributed by atoms with E-state index in [2.05, 4.69) is 4.74 Å². The van der Waals surface area contributed by atoms with Gasteiger partial charge in [0.25, 0.3) is 0 Å². The minimum absolute atomic E-state index is 0.0657. The number of carbonyl (C=O) groups is 1. The molecule has 0 heterocycles. The molecule has 0 aromatic heterocycles. The van der Waals surface area contributed by atoms with Crippen LogP contribution in [0.4, 0.5) is 4.39 Å². The molecule has 1 aromatic rings. The molecule has 5 heteroatoms. The Morgan fingerprint density at radius 1 is 1.50 bits per heavy atom. The standard InChI is InChI=1S/C11H13FO4/c1-15-7-10(11(13)14)16-6-8-4-2-3-5-9(8)12/h2-5,10H,6-7H2,1H3,(H,13,14). The molecule has 16 heavy (non-hydrogen) atoms. The zero-order valence-electron chi connectivity index (χ0n) is 8.85. The normalized spacial score (nSPS) is 12.4. The van der Waals surface area contributed by atoms with Gasteiger partial charge in [0, 0.05) is 12.7 Å². The number of hydrogen-bond acceptors (Lipinski definition) is 3. The van der Waals surface area contributed by atoms with Crippen LogP contribution in [0.25, 0.3) is 0 Å². The largest absolute Gasteiger partial charge is 0.479 e. The van der Waals surface area contributed by atoms with Gasteiger partial charge in [-0.3, -0.25) is 0 Å². The van der Waals surface area contributed by atoms with E-state index in [1.165, 1.54) is 13.2 Å². The summed E-state index contributed by atoms with van der Waals surface area (Å²) in [6.45, 7) is -0.156. The lowest BCUT2D eigenvalue weighted by Gasteiger charge is -2.12. The quantitative estimate of drug-likeness (QED) is 0.800. The first-order valence-corrected chi connectivity index (χ1v) is 4.72. The van der Waals surface area contributed by atoms with Crippen molar-refractivity contribution in [3.63, 3.8) is 0 Å². The van der Waals surface area contributed by atoms with Gasteiger partial charge < -0.3 is 14.6 Å². The summed E-state index contributed by atoms with van der Waals surface area (Å²) in [5.41, 5.74) is 0.324. The van der Waals surface area contributed by atoms with Crippen molar-refractivity contribution in [2.45, 2.75) is 12.7 Å². The Labute approximate surface area is 92.6 Å². The van der Waals surface area contributed by atoms with Gasteiger partial charge >= 0.3 is 5.97 Å². The lowest BCUT2D eigenvalue weighted by molar-refractivity contribution is -0.154. The Balaban J connectivity index is 2.55. The maximum Gasteiger partial charge on any atom is 0.335 e. The van der Waals surface area contributed by atoms with E-state index in [1.54, 1.807) is 18.2 Å². The number of rotatable bonds is 6. The molecule has 0 saturated heterocycles. The van der Waals surface area contributed by atoms with Gasteiger partial charge in [-0.25, -0.2) is 9.18 Å². The maximum absolute atomic E-state index is 13.2. The van der Waals surface area contributed by atoms with Gasteiger partial charge in [-0.1, -0.05) is 18.2 Å². The molecular weight excluding hydrogens is 215 g/mol. The highest BCUT2D eigenvalue weighted by atomic mass is 19.1. The second kappa shape index (κ2) is 6.19. The van der Waals surface area contributed by atoms with Crippen molar-refractivity contribution in [1.82, 2.24) is 0 Å². The molecule has 0 aliphatic rings. The average molecular weight is 228 g/mol. The Kier molecular flexibility index (Phi) is 4.88. The molecule has 0 radical (unpaired) electrons. The zero-order chi connectivity index (χ0) is 12.0. The van der Waals surface area contributed by atoms with Gasteiger partial charge in [0.15, 0.2) is 6.10 Å². The van der Waals surface area contributed by atoms with Crippen LogP contribution in [-0.2, 0) is 20.9 Å². The van der Waals surface area contributed by atoms with Gasteiger partial charge in [0.2, 0.25) is 0 Å². The smallest absolute Gasteiger partial charge is 0.335 e. The molecule has 0 amide bonds. The Bertz CT molecular complexity index is 354. The van der Waals surface area contributed by atoms with Crippen LogP contribution in [0, 0.1) is 5.82 Å². The third kappa shape index (κ3) is 3.60. The number of aliphatic carboxylic acids is 1. The van der Waals surface area contributed by atoms with Crippen LogP contribution >= 0.6 is 0 Å². The number of hydrogen-bond donors (Lipinski definition) is 1. The second-order valence-corrected chi connectivity index (χ2v) is 3.18. The highest BCUT2D eigenvalue weighted by Crippen LogP contribution is 2.09. The van der Waals surface area contributed by atoms with E-state index in [9.17, 15) is 9.18 Å². The fourth-order valence-electron chi connectivity index (χ4n) is 1.15. The number of halogens is 1. The molecule has 1 N–H and O–H groups in total. The van der Waals surface area contributed by atoms with E-state index in [-0.39, 0.29) is 13.2 Å². The average Bonchev–Trinajstić information content (AvgIpc) is 2.26. The molecule has 0 aliphatic carbocycles. The predicted octanol–water partition coefficient (Wildman–Crippen LogP) is 1.44. The first-order chi connectivity index (χ1) is 7.65. The van der Waals surface area contributed by atoms with E-state index in [0.29, 0.717) is 5.56 Å². The summed E-state index contributed by atoms with van der Waals surface area (Å²) < 4.78 is 22.9. The fourth-order valence-corrected chi connectivity index (χ4v) is 1.15. The van der Waals surface area contributed by atoms with Crippen LogP contribution in [0.1, 0.15) is 5.56 Å². The molecule has 0 aliphatic heterocycles. The summed E-state index contributed by atoms with van der Waals surface area (Å²) in [6.07, 6.45) is -1.08. The van der Waals surface area contributed by atoms with Crippen LogP contribution in [0.5, 0.6) is 0 Å². The third-order valence-corrected chi connectivity index (χ3v) is 1.99. The molecule has 1 unspecified atom stereocenters. The number of carboxylic acid groups (broad SMARTS) is 1. The fraction of sp³-hybridized carbons (Fsp3) is 0.364. The van der Waals surface area contributed by atoms with Gasteiger partial charge in [-0.15, -0.1) is 0 Å². The van der Waals surface area contributed by atoms with Crippen molar-refractivity contribution in [1.29, 1.82) is 0 Å². The van der Waals surface area contributed by atoms with Gasteiger partial charge in [0.05, 0.1) is 13.2 Å². The van der Waals surface area contributed by atoms with Gasteiger partial charge in [-0.05, 0) is 6.07 Å². The maximum atomic E-state index is 13.2. The molecule has 0 saturated carbocycles. The highest BCUT2D eigenvalue weighted by molar-refractivity contribution is 5.72. The van der Waals surface area contributed by atoms with E-state index in [4.69, 9.17) is 9.84 Å². The minimum atomic E-state index is -1.13. The van der Waals surface area contributed by atoms with Crippen LogP contribution in [0.2, 0.25) is 0 Å². The van der Waals surface area contributed by atoms with E-state index < -0.39 is 17.9 Å². The molecule has 4 nitrogen and oxygen atoms in total. The summed E-state index contributed by atoms with van der Waals surface area (Å²) in [4.78, 5) is 10.7. The summed E-state index contributed by atoms with van der Waals surface area (Å²) in [6, 6.07) is 6.06. The summed E-state index contributed by atoms with van der Waals surface area (Å²) >= 11 is 0. The first kappa shape index (κ1) is 12.6. The molecule has 0 fully saturated rings. The number of ether oxygens (including phenoxy) is 2. The van der Waals surface area contributed by atoms with Crippen LogP contribution < -0.4 is 0 Å². The SMILES string of the molecule is COCC(OCc1ccccc1F)C(=O)O. The molecule has 1 rings (SSSR count). The summed E-state index contributed by atoms with van der Waals surface area (Å²) in [7, 11) is 1.38. The Morgan fingerprint density at radius 2 is 2.19 bits per heavy atom. The van der Waals surface area contributed by atoms with Crippen LogP contribution in [-0.4, -0.2) is 30.9 Å². The molecule has 1 aromatic carbocycles. The van der Waals surface area contributed by atoms with Crippen molar-refractivity contribution in [3.05, 3.63) is 35.6 Å². The molecular formula is C11H13FO4. The molecule has 1 atom stereocenters. The van der Waals surface area contributed by atoms with Crippen LogP contribution in [0.15, 0.2) is 24.3 Å². The number of benzene rings is 1. The summed E-state index contributed by atoms with van der Waals surface area (Å²) in [5, 5.41) is 8.75. The number of methoxy groups -OCH3 is 1. The molecule has 0 spiro atoms. The number of carboxylic acids is 1. The van der Waals surface area contributed by atoms with Gasteiger partial charge in [-0.2, -0.15) is 0 Å². The van der Waals surface area contributed by atoms with Crippen molar-refractivity contribution >= 4 is 5.97 Å². The Hall–Kier alpha value is -1.46. The van der Waals surface area contributed by atoms with Crippen molar-refractivity contribution in [2.24, 2.45) is 0 Å². The monoisotopic (exact) mass is 228 g/mol. The minimum Gasteiger partial charge on any atom is -0.479 e. The first-order valence-electron chi connectivity index (χ1n) is 4.72. The lowest BCUT2D eigenvalue weighted by atomic mass is 10.2. The van der Waals surface area contributed by atoms with E-state index in [1.807, 2.05) is 0 Å². The highest BCUT2D eigenvalue weighted by Gasteiger charge is 2.18. The van der Waals surface area contributed by atoms with E-state index >= 15 is 0 Å². The van der Waals surface area contributed by atoms with Crippen molar-refractivity contribution in [3.8, 4) is 0 Å². The second-order valence-electron chi connectivity index (χ2n) is 3.18. The Morgan fingerprint density at radius 3 is 2.75 bits per heavy atom. The zero-order valence-corrected chi connectivity index (χ0v) is 8.85. The van der Waals surface area contributed by atoms with Gasteiger partial charge in [0.1, 0.15) is 5.82 Å². The van der Waals surface area contributed by atoms with Crippen molar-refractivity contribution in [2.75, 3.05) is 13.7 Å². The predicted molar refractivity (Wildman–Crippen MR) is 54.5 cm³/mol. The third-order valence-electron chi connectivity index (χ3n) is 1.99. The topological polar surface area (TPSA) is 55.8 Å².